The molecule has 4 N–H and O–H groups in total. The molecule has 0 aliphatic rings. The van der Waals surface area contributed by atoms with E-state index >= 15 is 0 Å². The van der Waals surface area contributed by atoms with Crippen LogP contribution in [-0.4, -0.2) is 11.8 Å². The average Bonchev–Trinajstić information content (AvgIpc) is 2.74. The summed E-state index contributed by atoms with van der Waals surface area (Å²) in [6.07, 6.45) is 0. The highest BCUT2D eigenvalue weighted by atomic mass is 16.2. The van der Waals surface area contributed by atoms with Crippen LogP contribution in [0.15, 0.2) is 78.9 Å². The summed E-state index contributed by atoms with van der Waals surface area (Å²) in [5, 5.41) is 14.5. The minimum atomic E-state index is -1.22. The Balaban J connectivity index is 1.74. The molecule has 6 heteroatoms. The van der Waals surface area contributed by atoms with E-state index in [-0.39, 0.29) is 11.8 Å². The highest BCUT2D eigenvalue weighted by molar-refractivity contribution is 6.06. The van der Waals surface area contributed by atoms with Crippen LogP contribution in [-0.2, 0) is 10.3 Å². The lowest BCUT2D eigenvalue weighted by Crippen LogP contribution is -2.45. The summed E-state index contributed by atoms with van der Waals surface area (Å²) < 4.78 is 0. The first-order valence-electron chi connectivity index (χ1n) is 8.97. The fourth-order valence-corrected chi connectivity index (χ4v) is 2.78. The van der Waals surface area contributed by atoms with E-state index in [2.05, 4.69) is 10.6 Å². The molecule has 1 unspecified atom stereocenters. The van der Waals surface area contributed by atoms with Crippen LogP contribution in [0.2, 0.25) is 0 Å². The van der Waals surface area contributed by atoms with Gasteiger partial charge in [-0.3, -0.25) is 9.59 Å². The smallest absolute Gasteiger partial charge is 0.255 e. The van der Waals surface area contributed by atoms with Crippen molar-refractivity contribution in [1.29, 1.82) is 5.26 Å². The number of hydrogen-bond donors (Lipinski definition) is 3. The molecule has 29 heavy (non-hydrogen) atoms. The normalized spacial score (nSPS) is 12.3. The summed E-state index contributed by atoms with van der Waals surface area (Å²) in [4.78, 5) is 25.2. The maximum Gasteiger partial charge on any atom is 0.255 e. The molecule has 3 aromatic rings. The Hall–Kier alpha value is -3.95. The lowest BCUT2D eigenvalue weighted by Gasteiger charge is -2.24. The van der Waals surface area contributed by atoms with Crippen LogP contribution in [0.1, 0.15) is 28.4 Å². The van der Waals surface area contributed by atoms with Gasteiger partial charge in [-0.15, -0.1) is 0 Å². The van der Waals surface area contributed by atoms with Crippen LogP contribution in [0.25, 0.3) is 0 Å². The number of carbonyl (C=O) groups excluding carboxylic acids is 2. The molecule has 0 spiro atoms. The van der Waals surface area contributed by atoms with E-state index in [1.54, 1.807) is 67.6 Å². The van der Waals surface area contributed by atoms with Gasteiger partial charge < -0.3 is 16.4 Å². The van der Waals surface area contributed by atoms with Crippen LogP contribution in [0.4, 0.5) is 11.4 Å². The second-order valence-corrected chi connectivity index (χ2v) is 6.75. The minimum absolute atomic E-state index is 0.352. The van der Waals surface area contributed by atoms with Crippen molar-refractivity contribution in [2.24, 2.45) is 5.73 Å². The van der Waals surface area contributed by atoms with Gasteiger partial charge in [0.1, 0.15) is 5.54 Å². The second-order valence-electron chi connectivity index (χ2n) is 6.75. The summed E-state index contributed by atoms with van der Waals surface area (Å²) in [5.74, 6) is -0.738. The molecule has 0 saturated carbocycles. The number of amides is 2. The number of hydrogen-bond acceptors (Lipinski definition) is 4. The molecule has 1 atom stereocenters. The maximum atomic E-state index is 12.7. The SMILES string of the molecule is CC(N)(C(=O)Nc1cccc(C(=O)Nc2cccc(C#N)c2)c1)c1ccccc1. The molecule has 0 heterocycles. The Morgan fingerprint density at radius 3 is 2.24 bits per heavy atom. The van der Waals surface area contributed by atoms with Gasteiger partial charge in [0.05, 0.1) is 11.6 Å². The van der Waals surface area contributed by atoms with Crippen molar-refractivity contribution in [3.8, 4) is 6.07 Å². The molecule has 6 nitrogen and oxygen atoms in total. The molecule has 144 valence electrons. The van der Waals surface area contributed by atoms with Gasteiger partial charge in [0.2, 0.25) is 5.91 Å². The molecule has 2 amide bonds. The van der Waals surface area contributed by atoms with Crippen molar-refractivity contribution in [1.82, 2.24) is 0 Å². The molecule has 0 aliphatic heterocycles. The predicted octanol–water partition coefficient (Wildman–Crippen LogP) is 3.62. The lowest BCUT2D eigenvalue weighted by atomic mass is 9.92. The topological polar surface area (TPSA) is 108 Å². The van der Waals surface area contributed by atoms with Crippen LogP contribution in [0.3, 0.4) is 0 Å². The number of rotatable bonds is 5. The number of nitrogens with zero attached hydrogens (tertiary/aromatic N) is 1. The molecule has 0 radical (unpaired) electrons. The first-order chi connectivity index (χ1) is 13.9. The quantitative estimate of drug-likeness (QED) is 0.624. The van der Waals surface area contributed by atoms with E-state index in [1.165, 1.54) is 0 Å². The van der Waals surface area contributed by atoms with Crippen molar-refractivity contribution >= 4 is 23.2 Å². The Morgan fingerprint density at radius 2 is 1.55 bits per heavy atom. The fourth-order valence-electron chi connectivity index (χ4n) is 2.78. The Morgan fingerprint density at radius 1 is 0.897 bits per heavy atom. The molecular formula is C23H20N4O2. The molecule has 0 fully saturated rings. The van der Waals surface area contributed by atoms with Gasteiger partial charge in [-0.05, 0) is 48.9 Å². The summed E-state index contributed by atoms with van der Waals surface area (Å²) in [6, 6.07) is 24.3. The largest absolute Gasteiger partial charge is 0.324 e. The molecule has 0 aliphatic carbocycles. The van der Waals surface area contributed by atoms with Gasteiger partial charge in [0.25, 0.3) is 5.91 Å². The third-order valence-electron chi connectivity index (χ3n) is 4.48. The first-order valence-corrected chi connectivity index (χ1v) is 8.97. The monoisotopic (exact) mass is 384 g/mol. The van der Waals surface area contributed by atoms with Crippen molar-refractivity contribution in [3.63, 3.8) is 0 Å². The van der Waals surface area contributed by atoms with Gasteiger partial charge in [0, 0.05) is 16.9 Å². The minimum Gasteiger partial charge on any atom is -0.324 e. The van der Waals surface area contributed by atoms with Crippen molar-refractivity contribution in [2.45, 2.75) is 12.5 Å². The lowest BCUT2D eigenvalue weighted by molar-refractivity contribution is -0.120. The zero-order valence-corrected chi connectivity index (χ0v) is 15.8. The number of anilines is 2. The molecule has 0 bridgehead atoms. The average molecular weight is 384 g/mol. The predicted molar refractivity (Wildman–Crippen MR) is 112 cm³/mol. The van der Waals surface area contributed by atoms with E-state index in [9.17, 15) is 9.59 Å². The molecule has 3 aromatic carbocycles. The van der Waals surface area contributed by atoms with E-state index in [4.69, 9.17) is 11.0 Å². The zero-order valence-electron chi connectivity index (χ0n) is 15.8. The van der Waals surface area contributed by atoms with Crippen LogP contribution >= 0.6 is 0 Å². The Labute approximate surface area is 169 Å². The molecular weight excluding hydrogens is 364 g/mol. The van der Waals surface area contributed by atoms with Gasteiger partial charge >= 0.3 is 0 Å². The molecule has 3 rings (SSSR count). The van der Waals surface area contributed by atoms with Gasteiger partial charge in [-0.2, -0.15) is 5.26 Å². The Bertz CT molecular complexity index is 1090. The number of nitriles is 1. The second kappa shape index (κ2) is 8.38. The van der Waals surface area contributed by atoms with Crippen molar-refractivity contribution in [2.75, 3.05) is 10.6 Å². The van der Waals surface area contributed by atoms with Crippen LogP contribution in [0.5, 0.6) is 0 Å². The van der Waals surface area contributed by atoms with Gasteiger partial charge in [0.15, 0.2) is 0 Å². The van der Waals surface area contributed by atoms with Gasteiger partial charge in [-0.25, -0.2) is 0 Å². The Kier molecular flexibility index (Phi) is 5.72. The number of benzene rings is 3. The van der Waals surface area contributed by atoms with E-state index in [1.807, 2.05) is 24.3 Å². The van der Waals surface area contributed by atoms with Crippen molar-refractivity contribution in [3.05, 3.63) is 95.6 Å². The fraction of sp³-hybridized carbons (Fsp3) is 0.0870. The van der Waals surface area contributed by atoms with E-state index in [0.717, 1.165) is 0 Å². The van der Waals surface area contributed by atoms with E-state index in [0.29, 0.717) is 28.1 Å². The number of nitrogens with one attached hydrogen (secondary N) is 2. The van der Waals surface area contributed by atoms with Crippen LogP contribution in [0, 0.1) is 11.3 Å². The summed E-state index contributed by atoms with van der Waals surface area (Å²) in [5.41, 5.74) is 7.49. The summed E-state index contributed by atoms with van der Waals surface area (Å²) in [6.45, 7) is 1.64. The standard InChI is InChI=1S/C23H20N4O2/c1-23(25,18-9-3-2-4-10-18)22(29)27-20-12-6-8-17(14-20)21(28)26-19-11-5-7-16(13-19)15-24/h2-14H,25H2,1H3,(H,26,28)(H,27,29). The zero-order chi connectivity index (χ0) is 20.9. The van der Waals surface area contributed by atoms with Crippen LogP contribution < -0.4 is 16.4 Å². The van der Waals surface area contributed by atoms with E-state index < -0.39 is 5.54 Å². The third-order valence-corrected chi connectivity index (χ3v) is 4.48. The number of nitrogens with two attached hydrogens (primary N) is 1. The summed E-state index contributed by atoms with van der Waals surface area (Å²) in [7, 11) is 0. The van der Waals surface area contributed by atoms with Gasteiger partial charge in [-0.1, -0.05) is 42.5 Å². The molecule has 0 saturated heterocycles. The maximum absolute atomic E-state index is 12.7. The van der Waals surface area contributed by atoms with Crippen molar-refractivity contribution < 1.29 is 9.59 Å². The highest BCUT2D eigenvalue weighted by Crippen LogP contribution is 2.21. The first kappa shape index (κ1) is 19.8. The third kappa shape index (κ3) is 4.67. The highest BCUT2D eigenvalue weighted by Gasteiger charge is 2.30. The molecule has 0 aromatic heterocycles. The summed E-state index contributed by atoms with van der Waals surface area (Å²) >= 11 is 0. The number of carbonyl (C=O) groups is 2.